The van der Waals surface area contributed by atoms with Crippen LogP contribution in [0.3, 0.4) is 0 Å². The average molecular weight is 217 g/mol. The maximum absolute atomic E-state index is 10.7. The molecule has 0 saturated heterocycles. The molecule has 1 aromatic carbocycles. The van der Waals surface area contributed by atoms with E-state index in [-0.39, 0.29) is 0 Å². The molecule has 16 heavy (non-hydrogen) atoms. The topological polar surface area (TPSA) is 67.5 Å². The maximum Gasteiger partial charge on any atom is 0.332 e. The third kappa shape index (κ3) is 2.39. The number of hydrazone groups is 1. The molecular weight excluding hydrogens is 202 g/mol. The van der Waals surface area contributed by atoms with Crippen LogP contribution in [-0.4, -0.2) is 11.7 Å². The molecule has 1 saturated carbocycles. The third-order valence-electron chi connectivity index (χ3n) is 2.85. The van der Waals surface area contributed by atoms with Crippen molar-refractivity contribution in [2.45, 2.75) is 19.3 Å². The number of carbonyl (C=O) groups is 1. The lowest BCUT2D eigenvalue weighted by Crippen LogP contribution is -2.30. The SMILES string of the molecule is NC(=O)N/N=C(\c1ccccc1)C1CCC1. The van der Waals surface area contributed by atoms with Gasteiger partial charge in [-0.15, -0.1) is 0 Å². The maximum atomic E-state index is 10.7. The van der Waals surface area contributed by atoms with E-state index in [0.717, 1.165) is 24.1 Å². The number of benzene rings is 1. The van der Waals surface area contributed by atoms with Crippen molar-refractivity contribution in [1.82, 2.24) is 5.43 Å². The molecule has 2 rings (SSSR count). The summed E-state index contributed by atoms with van der Waals surface area (Å²) >= 11 is 0. The largest absolute Gasteiger partial charge is 0.350 e. The van der Waals surface area contributed by atoms with E-state index < -0.39 is 6.03 Å². The summed E-state index contributed by atoms with van der Waals surface area (Å²) < 4.78 is 0. The Labute approximate surface area is 94.5 Å². The van der Waals surface area contributed by atoms with Gasteiger partial charge in [0.25, 0.3) is 0 Å². The smallest absolute Gasteiger partial charge is 0.332 e. The molecule has 1 aliphatic carbocycles. The number of primary amides is 1. The average Bonchev–Trinajstić information content (AvgIpc) is 2.22. The highest BCUT2D eigenvalue weighted by Crippen LogP contribution is 2.30. The van der Waals surface area contributed by atoms with E-state index in [9.17, 15) is 4.79 Å². The molecule has 1 aromatic rings. The molecule has 84 valence electrons. The Bertz CT molecular complexity index is 396. The summed E-state index contributed by atoms with van der Waals surface area (Å²) in [7, 11) is 0. The summed E-state index contributed by atoms with van der Waals surface area (Å²) in [5.41, 5.74) is 9.33. The van der Waals surface area contributed by atoms with Crippen LogP contribution in [0.25, 0.3) is 0 Å². The standard InChI is InChI=1S/C12H15N3O/c13-12(16)15-14-11(10-7-4-8-10)9-5-2-1-3-6-9/h1-3,5-6,10H,4,7-8H2,(H3,13,15,16)/b14-11+. The Morgan fingerprint density at radius 1 is 1.31 bits per heavy atom. The second kappa shape index (κ2) is 4.79. The van der Waals surface area contributed by atoms with Crippen LogP contribution < -0.4 is 11.2 Å². The number of carbonyl (C=O) groups excluding carboxylic acids is 1. The van der Waals surface area contributed by atoms with Gasteiger partial charge in [0.05, 0.1) is 5.71 Å². The van der Waals surface area contributed by atoms with Gasteiger partial charge in [-0.25, -0.2) is 10.2 Å². The van der Waals surface area contributed by atoms with Gasteiger partial charge in [0, 0.05) is 5.92 Å². The highest BCUT2D eigenvalue weighted by Gasteiger charge is 2.24. The van der Waals surface area contributed by atoms with Crippen molar-refractivity contribution in [2.24, 2.45) is 16.8 Å². The fraction of sp³-hybridized carbons (Fsp3) is 0.333. The highest BCUT2D eigenvalue weighted by atomic mass is 16.2. The first-order valence-corrected chi connectivity index (χ1v) is 5.46. The Kier molecular flexibility index (Phi) is 3.19. The van der Waals surface area contributed by atoms with Crippen molar-refractivity contribution in [1.29, 1.82) is 0 Å². The first-order valence-electron chi connectivity index (χ1n) is 5.46. The van der Waals surface area contributed by atoms with Crippen LogP contribution in [0.15, 0.2) is 35.4 Å². The Morgan fingerprint density at radius 2 is 2.00 bits per heavy atom. The zero-order valence-corrected chi connectivity index (χ0v) is 9.02. The van der Waals surface area contributed by atoms with E-state index in [4.69, 9.17) is 5.73 Å². The lowest BCUT2D eigenvalue weighted by Gasteiger charge is -2.26. The van der Waals surface area contributed by atoms with E-state index >= 15 is 0 Å². The molecule has 0 spiro atoms. The van der Waals surface area contributed by atoms with Gasteiger partial charge < -0.3 is 5.73 Å². The zero-order chi connectivity index (χ0) is 11.4. The first kappa shape index (κ1) is 10.7. The zero-order valence-electron chi connectivity index (χ0n) is 9.02. The Morgan fingerprint density at radius 3 is 2.50 bits per heavy atom. The van der Waals surface area contributed by atoms with Gasteiger partial charge in [0.2, 0.25) is 0 Å². The monoisotopic (exact) mass is 217 g/mol. The van der Waals surface area contributed by atoms with Crippen molar-refractivity contribution in [3.8, 4) is 0 Å². The number of urea groups is 1. The van der Waals surface area contributed by atoms with Gasteiger partial charge in [-0.2, -0.15) is 5.10 Å². The van der Waals surface area contributed by atoms with E-state index in [1.54, 1.807) is 0 Å². The molecule has 4 heteroatoms. The number of nitrogens with zero attached hydrogens (tertiary/aromatic N) is 1. The summed E-state index contributed by atoms with van der Waals surface area (Å²) in [5.74, 6) is 0.453. The molecule has 1 fully saturated rings. The molecule has 0 aliphatic heterocycles. The summed E-state index contributed by atoms with van der Waals surface area (Å²) in [6.45, 7) is 0. The minimum Gasteiger partial charge on any atom is -0.350 e. The van der Waals surface area contributed by atoms with Gasteiger partial charge in [-0.3, -0.25) is 0 Å². The quantitative estimate of drug-likeness (QED) is 0.589. The number of nitrogens with two attached hydrogens (primary N) is 1. The van der Waals surface area contributed by atoms with Gasteiger partial charge in [-0.05, 0) is 18.4 Å². The molecule has 0 bridgehead atoms. The second-order valence-electron chi connectivity index (χ2n) is 3.97. The van der Waals surface area contributed by atoms with E-state index in [1.807, 2.05) is 30.3 Å². The molecule has 1 aliphatic rings. The van der Waals surface area contributed by atoms with Crippen LogP contribution >= 0.6 is 0 Å². The fourth-order valence-corrected chi connectivity index (χ4v) is 1.80. The number of nitrogens with one attached hydrogen (secondary N) is 1. The normalized spacial score (nSPS) is 16.6. The van der Waals surface area contributed by atoms with Gasteiger partial charge in [-0.1, -0.05) is 36.8 Å². The molecule has 0 radical (unpaired) electrons. The van der Waals surface area contributed by atoms with Crippen molar-refractivity contribution in [3.63, 3.8) is 0 Å². The van der Waals surface area contributed by atoms with E-state index in [1.165, 1.54) is 6.42 Å². The van der Waals surface area contributed by atoms with Gasteiger partial charge in [0.1, 0.15) is 0 Å². The number of hydrogen-bond acceptors (Lipinski definition) is 2. The highest BCUT2D eigenvalue weighted by molar-refractivity contribution is 6.03. The lowest BCUT2D eigenvalue weighted by molar-refractivity contribution is 0.249. The Balaban J connectivity index is 2.20. The van der Waals surface area contributed by atoms with E-state index in [0.29, 0.717) is 5.92 Å². The Hall–Kier alpha value is -1.84. The van der Waals surface area contributed by atoms with Crippen LogP contribution in [0.4, 0.5) is 4.79 Å². The van der Waals surface area contributed by atoms with Gasteiger partial charge >= 0.3 is 6.03 Å². The summed E-state index contributed by atoms with van der Waals surface area (Å²) in [4.78, 5) is 10.7. The minimum atomic E-state index is -0.618. The van der Waals surface area contributed by atoms with Crippen molar-refractivity contribution < 1.29 is 4.79 Å². The predicted octanol–water partition coefficient (Wildman–Crippen LogP) is 1.86. The molecule has 3 N–H and O–H groups in total. The second-order valence-corrected chi connectivity index (χ2v) is 3.97. The molecular formula is C12H15N3O. The van der Waals surface area contributed by atoms with Crippen LogP contribution in [0.2, 0.25) is 0 Å². The molecule has 0 aromatic heterocycles. The summed E-state index contributed by atoms with van der Waals surface area (Å²) in [6, 6.07) is 9.28. The third-order valence-corrected chi connectivity index (χ3v) is 2.85. The molecule has 0 atom stereocenters. The van der Waals surface area contributed by atoms with E-state index in [2.05, 4.69) is 10.5 Å². The first-order chi connectivity index (χ1) is 7.77. The van der Waals surface area contributed by atoms with Crippen LogP contribution in [0.1, 0.15) is 24.8 Å². The number of rotatable bonds is 3. The number of amides is 2. The molecule has 0 heterocycles. The summed E-state index contributed by atoms with van der Waals surface area (Å²) in [6.07, 6.45) is 3.50. The lowest BCUT2D eigenvalue weighted by atomic mass is 9.79. The van der Waals surface area contributed by atoms with Gasteiger partial charge in [0.15, 0.2) is 0 Å². The van der Waals surface area contributed by atoms with Crippen LogP contribution in [0.5, 0.6) is 0 Å². The fourth-order valence-electron chi connectivity index (χ4n) is 1.80. The molecule has 4 nitrogen and oxygen atoms in total. The predicted molar refractivity (Wildman–Crippen MR) is 63.0 cm³/mol. The van der Waals surface area contributed by atoms with Crippen molar-refractivity contribution in [2.75, 3.05) is 0 Å². The van der Waals surface area contributed by atoms with Crippen molar-refractivity contribution >= 4 is 11.7 Å². The number of hydrogen-bond donors (Lipinski definition) is 2. The van der Waals surface area contributed by atoms with Crippen LogP contribution in [0, 0.1) is 5.92 Å². The molecule has 2 amide bonds. The summed E-state index contributed by atoms with van der Waals surface area (Å²) in [5, 5.41) is 4.11. The molecule has 0 unspecified atom stereocenters. The minimum absolute atomic E-state index is 0.453. The van der Waals surface area contributed by atoms with Crippen LogP contribution in [-0.2, 0) is 0 Å². The van der Waals surface area contributed by atoms with Crippen molar-refractivity contribution in [3.05, 3.63) is 35.9 Å².